The lowest BCUT2D eigenvalue weighted by molar-refractivity contribution is 0.350. The molecule has 0 amide bonds. The summed E-state index contributed by atoms with van der Waals surface area (Å²) in [5, 5.41) is 7.85. The molecule has 2 rings (SSSR count). The number of thiophene rings is 1. The normalized spacial score (nSPS) is 12.2. The van der Waals surface area contributed by atoms with Crippen molar-refractivity contribution in [3.63, 3.8) is 0 Å². The summed E-state index contributed by atoms with van der Waals surface area (Å²) in [7, 11) is 3.34. The van der Waals surface area contributed by atoms with Crippen LogP contribution in [0, 0.1) is 0 Å². The summed E-state index contributed by atoms with van der Waals surface area (Å²) in [5.41, 5.74) is 2.50. The average Bonchev–Trinajstić information content (AvgIpc) is 2.97. The summed E-state index contributed by atoms with van der Waals surface area (Å²) in [6.07, 6.45) is 1.04. The second-order valence-electron chi connectivity index (χ2n) is 4.77. The van der Waals surface area contributed by atoms with Crippen LogP contribution in [-0.2, 0) is 13.0 Å². The van der Waals surface area contributed by atoms with Gasteiger partial charge in [-0.1, -0.05) is 12.1 Å². The van der Waals surface area contributed by atoms with E-state index in [-0.39, 0.29) is 0 Å². The zero-order valence-corrected chi connectivity index (χ0v) is 13.0. The molecule has 0 fully saturated rings. The zero-order chi connectivity index (χ0) is 14.4. The molecule has 1 aromatic carbocycles. The number of rotatable bonds is 7. The number of para-hydroxylation sites is 1. The molecule has 0 saturated heterocycles. The second kappa shape index (κ2) is 7.31. The number of methoxy groups -OCH3 is 2. The van der Waals surface area contributed by atoms with E-state index < -0.39 is 0 Å². The van der Waals surface area contributed by atoms with Crippen LogP contribution < -0.4 is 14.8 Å². The third-order valence-corrected chi connectivity index (χ3v) is 3.98. The molecule has 0 aliphatic heterocycles. The Labute approximate surface area is 124 Å². The molecule has 1 unspecified atom stereocenters. The van der Waals surface area contributed by atoms with Crippen LogP contribution in [0.5, 0.6) is 11.5 Å². The summed E-state index contributed by atoms with van der Waals surface area (Å²) >= 11 is 1.74. The fourth-order valence-corrected chi connectivity index (χ4v) is 2.89. The highest BCUT2D eigenvalue weighted by atomic mass is 32.1. The molecule has 3 nitrogen and oxygen atoms in total. The van der Waals surface area contributed by atoms with Gasteiger partial charge >= 0.3 is 0 Å². The van der Waals surface area contributed by atoms with Crippen molar-refractivity contribution in [1.82, 2.24) is 5.32 Å². The molecule has 1 N–H and O–H groups in total. The Morgan fingerprint density at radius 2 is 2.05 bits per heavy atom. The molecule has 0 radical (unpaired) electrons. The summed E-state index contributed by atoms with van der Waals surface area (Å²) < 4.78 is 10.8. The monoisotopic (exact) mass is 291 g/mol. The molecule has 0 aliphatic rings. The van der Waals surface area contributed by atoms with Gasteiger partial charge in [0.15, 0.2) is 11.5 Å². The van der Waals surface area contributed by atoms with Gasteiger partial charge in [-0.05, 0) is 41.8 Å². The molecule has 20 heavy (non-hydrogen) atoms. The first kappa shape index (κ1) is 14.9. The van der Waals surface area contributed by atoms with Crippen LogP contribution in [0.3, 0.4) is 0 Å². The molecule has 2 aromatic rings. The minimum atomic E-state index is 0.417. The van der Waals surface area contributed by atoms with E-state index in [1.165, 1.54) is 5.56 Å². The second-order valence-corrected chi connectivity index (χ2v) is 5.55. The molecule has 0 bridgehead atoms. The van der Waals surface area contributed by atoms with Gasteiger partial charge in [-0.15, -0.1) is 0 Å². The third kappa shape index (κ3) is 3.74. The van der Waals surface area contributed by atoms with Crippen molar-refractivity contribution in [3.05, 3.63) is 46.2 Å². The molecule has 0 spiro atoms. The van der Waals surface area contributed by atoms with Gasteiger partial charge in [0.1, 0.15) is 0 Å². The van der Waals surface area contributed by atoms with Crippen molar-refractivity contribution in [2.45, 2.75) is 25.9 Å². The molecular formula is C16H21NO2S. The number of nitrogens with one attached hydrogen (secondary N) is 1. The van der Waals surface area contributed by atoms with Gasteiger partial charge in [-0.3, -0.25) is 0 Å². The summed E-state index contributed by atoms with van der Waals surface area (Å²) in [6.45, 7) is 2.97. The number of benzene rings is 1. The number of hydrogen-bond acceptors (Lipinski definition) is 4. The van der Waals surface area contributed by atoms with Gasteiger partial charge in [0.25, 0.3) is 0 Å². The lowest BCUT2D eigenvalue weighted by Crippen LogP contribution is -2.27. The first-order valence-electron chi connectivity index (χ1n) is 6.69. The maximum atomic E-state index is 5.44. The Kier molecular flexibility index (Phi) is 5.44. The predicted octanol–water partition coefficient (Wildman–Crippen LogP) is 3.49. The quantitative estimate of drug-likeness (QED) is 0.847. The standard InChI is InChI=1S/C16H21NO2S/c1-12(9-13-7-8-20-11-13)17-10-14-5-4-6-15(18-2)16(14)19-3/h4-8,11-12,17H,9-10H2,1-3H3. The van der Waals surface area contributed by atoms with Crippen molar-refractivity contribution >= 4 is 11.3 Å². The van der Waals surface area contributed by atoms with Gasteiger partial charge in [0.2, 0.25) is 0 Å². The van der Waals surface area contributed by atoms with Gasteiger partial charge < -0.3 is 14.8 Å². The van der Waals surface area contributed by atoms with Gasteiger partial charge in [0.05, 0.1) is 14.2 Å². The number of ether oxygens (including phenoxy) is 2. The van der Waals surface area contributed by atoms with Crippen LogP contribution >= 0.6 is 11.3 Å². The maximum Gasteiger partial charge on any atom is 0.165 e. The highest BCUT2D eigenvalue weighted by Crippen LogP contribution is 2.30. The van der Waals surface area contributed by atoms with Crippen molar-refractivity contribution in [2.24, 2.45) is 0 Å². The number of hydrogen-bond donors (Lipinski definition) is 1. The minimum absolute atomic E-state index is 0.417. The van der Waals surface area contributed by atoms with Crippen molar-refractivity contribution in [2.75, 3.05) is 14.2 Å². The van der Waals surface area contributed by atoms with Gasteiger partial charge in [-0.25, -0.2) is 0 Å². The average molecular weight is 291 g/mol. The summed E-state index contributed by atoms with van der Waals surface area (Å²) in [6, 6.07) is 8.56. The Balaban J connectivity index is 1.96. The van der Waals surface area contributed by atoms with Crippen molar-refractivity contribution in [1.29, 1.82) is 0 Å². The van der Waals surface area contributed by atoms with Crippen LogP contribution in [0.2, 0.25) is 0 Å². The maximum absolute atomic E-state index is 5.44. The molecular weight excluding hydrogens is 270 g/mol. The first-order chi connectivity index (χ1) is 9.74. The summed E-state index contributed by atoms with van der Waals surface area (Å²) in [5.74, 6) is 1.59. The van der Waals surface area contributed by atoms with E-state index in [0.717, 1.165) is 30.0 Å². The largest absolute Gasteiger partial charge is 0.493 e. The molecule has 1 atom stereocenters. The van der Waals surface area contributed by atoms with Crippen molar-refractivity contribution < 1.29 is 9.47 Å². The highest BCUT2D eigenvalue weighted by molar-refractivity contribution is 7.07. The van der Waals surface area contributed by atoms with E-state index in [1.807, 2.05) is 12.1 Å². The van der Waals surface area contributed by atoms with E-state index in [9.17, 15) is 0 Å². The Hall–Kier alpha value is -1.52. The van der Waals surface area contributed by atoms with Crippen LogP contribution in [0.1, 0.15) is 18.1 Å². The predicted molar refractivity (Wildman–Crippen MR) is 83.9 cm³/mol. The van der Waals surface area contributed by atoms with E-state index >= 15 is 0 Å². The molecule has 4 heteroatoms. The first-order valence-corrected chi connectivity index (χ1v) is 7.63. The Bertz CT molecular complexity index is 525. The topological polar surface area (TPSA) is 30.5 Å². The van der Waals surface area contributed by atoms with Gasteiger partial charge in [0, 0.05) is 18.2 Å². The smallest absolute Gasteiger partial charge is 0.165 e. The van der Waals surface area contributed by atoms with E-state index in [0.29, 0.717) is 6.04 Å². The Morgan fingerprint density at radius 3 is 2.70 bits per heavy atom. The van der Waals surface area contributed by atoms with Crippen LogP contribution in [0.15, 0.2) is 35.0 Å². The zero-order valence-electron chi connectivity index (χ0n) is 12.2. The van der Waals surface area contributed by atoms with Gasteiger partial charge in [-0.2, -0.15) is 11.3 Å². The molecule has 1 aromatic heterocycles. The molecule has 0 aliphatic carbocycles. The lowest BCUT2D eigenvalue weighted by atomic mass is 10.1. The van der Waals surface area contributed by atoms with E-state index in [4.69, 9.17) is 9.47 Å². The Morgan fingerprint density at radius 1 is 1.20 bits per heavy atom. The fourth-order valence-electron chi connectivity index (χ4n) is 2.21. The van der Waals surface area contributed by atoms with Crippen molar-refractivity contribution in [3.8, 4) is 11.5 Å². The van der Waals surface area contributed by atoms with E-state index in [1.54, 1.807) is 25.6 Å². The van der Waals surface area contributed by atoms with Crippen LogP contribution in [-0.4, -0.2) is 20.3 Å². The molecule has 1 heterocycles. The summed E-state index contributed by atoms with van der Waals surface area (Å²) in [4.78, 5) is 0. The SMILES string of the molecule is COc1cccc(CNC(C)Cc2ccsc2)c1OC. The third-order valence-electron chi connectivity index (χ3n) is 3.25. The highest BCUT2D eigenvalue weighted by Gasteiger charge is 2.10. The van der Waals surface area contributed by atoms with Crippen LogP contribution in [0.25, 0.3) is 0 Å². The van der Waals surface area contributed by atoms with Crippen LogP contribution in [0.4, 0.5) is 0 Å². The minimum Gasteiger partial charge on any atom is -0.493 e. The molecule has 0 saturated carbocycles. The van der Waals surface area contributed by atoms with E-state index in [2.05, 4.69) is 35.1 Å². The fraction of sp³-hybridized carbons (Fsp3) is 0.375. The lowest BCUT2D eigenvalue weighted by Gasteiger charge is -2.16. The molecule has 108 valence electrons.